The van der Waals surface area contributed by atoms with Crippen molar-refractivity contribution in [3.63, 3.8) is 0 Å². The van der Waals surface area contributed by atoms with Crippen molar-refractivity contribution in [3.05, 3.63) is 69.1 Å². The zero-order valence-electron chi connectivity index (χ0n) is 16.8. The molecular formula is C23H26ClN3O3. The summed E-state index contributed by atoms with van der Waals surface area (Å²) in [4.78, 5) is 37.2. The SMILES string of the molecule is O=C(Cn1cc(C(=O)NC2CCCC2)ccc1=O)NCC1(c2ccccc2Cl)CC1. The molecule has 2 amide bonds. The fourth-order valence-electron chi connectivity index (χ4n) is 4.19. The summed E-state index contributed by atoms with van der Waals surface area (Å²) in [6.45, 7) is 0.355. The van der Waals surface area contributed by atoms with Crippen LogP contribution in [0.3, 0.4) is 0 Å². The minimum Gasteiger partial charge on any atom is -0.354 e. The Labute approximate surface area is 180 Å². The Morgan fingerprint density at radius 3 is 2.53 bits per heavy atom. The maximum atomic E-state index is 12.5. The third-order valence-electron chi connectivity index (χ3n) is 6.17. The van der Waals surface area contributed by atoms with E-state index in [0.29, 0.717) is 17.1 Å². The number of rotatable bonds is 7. The lowest BCUT2D eigenvalue weighted by atomic mass is 9.96. The Balaban J connectivity index is 1.38. The topological polar surface area (TPSA) is 80.2 Å². The number of nitrogens with zero attached hydrogens (tertiary/aromatic N) is 1. The van der Waals surface area contributed by atoms with Gasteiger partial charge in [0.1, 0.15) is 6.54 Å². The van der Waals surface area contributed by atoms with E-state index in [1.807, 2.05) is 24.3 Å². The molecule has 0 aliphatic heterocycles. The molecule has 0 atom stereocenters. The van der Waals surface area contributed by atoms with Crippen molar-refractivity contribution in [2.24, 2.45) is 0 Å². The summed E-state index contributed by atoms with van der Waals surface area (Å²) in [6, 6.07) is 10.7. The predicted molar refractivity (Wildman–Crippen MR) is 116 cm³/mol. The minimum atomic E-state index is -0.310. The highest BCUT2D eigenvalue weighted by Crippen LogP contribution is 2.49. The summed E-state index contributed by atoms with van der Waals surface area (Å²) in [6.07, 6.45) is 7.62. The number of carbonyl (C=O) groups is 2. The molecule has 158 valence electrons. The first-order chi connectivity index (χ1) is 14.5. The van der Waals surface area contributed by atoms with Crippen LogP contribution >= 0.6 is 11.6 Å². The van der Waals surface area contributed by atoms with E-state index in [1.54, 1.807) is 0 Å². The third-order valence-corrected chi connectivity index (χ3v) is 6.50. The average molecular weight is 428 g/mol. The standard InChI is InChI=1S/C23H26ClN3O3/c24-19-8-4-3-7-18(19)23(11-12-23)15-25-20(28)14-27-13-16(9-10-21(27)29)22(30)26-17-5-1-2-6-17/h3-4,7-10,13,17H,1-2,5-6,11-12,14-15H2,(H,25,28)(H,26,30). The van der Waals surface area contributed by atoms with Crippen molar-refractivity contribution in [2.75, 3.05) is 6.54 Å². The van der Waals surface area contributed by atoms with Crippen molar-refractivity contribution in [1.82, 2.24) is 15.2 Å². The maximum absolute atomic E-state index is 12.5. The largest absolute Gasteiger partial charge is 0.354 e. The van der Waals surface area contributed by atoms with Gasteiger partial charge < -0.3 is 15.2 Å². The molecule has 4 rings (SSSR count). The highest BCUT2D eigenvalue weighted by molar-refractivity contribution is 6.31. The number of hydrogen-bond acceptors (Lipinski definition) is 3. The number of hydrogen-bond donors (Lipinski definition) is 2. The van der Waals surface area contributed by atoms with Gasteiger partial charge in [-0.05, 0) is 43.4 Å². The molecule has 2 N–H and O–H groups in total. The minimum absolute atomic E-state index is 0.123. The van der Waals surface area contributed by atoms with E-state index in [4.69, 9.17) is 11.6 Å². The van der Waals surface area contributed by atoms with Gasteiger partial charge in [0.25, 0.3) is 11.5 Å². The van der Waals surface area contributed by atoms with E-state index >= 15 is 0 Å². The first-order valence-electron chi connectivity index (χ1n) is 10.5. The van der Waals surface area contributed by atoms with Crippen molar-refractivity contribution >= 4 is 23.4 Å². The molecule has 2 aliphatic carbocycles. The quantitative estimate of drug-likeness (QED) is 0.712. The molecule has 7 heteroatoms. The number of nitrogens with one attached hydrogen (secondary N) is 2. The number of halogens is 1. The monoisotopic (exact) mass is 427 g/mol. The Bertz CT molecular complexity index is 1010. The Morgan fingerprint density at radius 1 is 1.10 bits per heavy atom. The second-order valence-electron chi connectivity index (χ2n) is 8.38. The van der Waals surface area contributed by atoms with Crippen molar-refractivity contribution in [1.29, 1.82) is 0 Å². The molecule has 2 aromatic rings. The van der Waals surface area contributed by atoms with Crippen molar-refractivity contribution in [2.45, 2.75) is 56.5 Å². The van der Waals surface area contributed by atoms with E-state index < -0.39 is 0 Å². The fraction of sp³-hybridized carbons (Fsp3) is 0.435. The van der Waals surface area contributed by atoms with Crippen LogP contribution in [-0.2, 0) is 16.8 Å². The molecule has 0 saturated heterocycles. The van der Waals surface area contributed by atoms with Crippen LogP contribution in [0.1, 0.15) is 54.4 Å². The van der Waals surface area contributed by atoms with Crippen LogP contribution in [0.4, 0.5) is 0 Å². The fourth-order valence-corrected chi connectivity index (χ4v) is 4.53. The van der Waals surface area contributed by atoms with E-state index in [0.717, 1.165) is 44.1 Å². The van der Waals surface area contributed by atoms with Gasteiger partial charge in [0.15, 0.2) is 0 Å². The van der Waals surface area contributed by atoms with Crippen LogP contribution in [-0.4, -0.2) is 29.0 Å². The Hall–Kier alpha value is -2.60. The molecule has 6 nitrogen and oxygen atoms in total. The molecule has 1 aromatic heterocycles. The summed E-state index contributed by atoms with van der Waals surface area (Å²) in [5, 5.41) is 6.65. The van der Waals surface area contributed by atoms with E-state index in [9.17, 15) is 14.4 Å². The summed E-state index contributed by atoms with van der Waals surface area (Å²) >= 11 is 6.33. The predicted octanol–water partition coefficient (Wildman–Crippen LogP) is 3.02. The lowest BCUT2D eigenvalue weighted by Gasteiger charge is -2.18. The smallest absolute Gasteiger partial charge is 0.252 e. The molecule has 2 saturated carbocycles. The lowest BCUT2D eigenvalue weighted by Crippen LogP contribution is -2.37. The van der Waals surface area contributed by atoms with Gasteiger partial charge in [0, 0.05) is 35.3 Å². The zero-order valence-corrected chi connectivity index (χ0v) is 17.6. The molecule has 0 unspecified atom stereocenters. The molecule has 1 aromatic carbocycles. The maximum Gasteiger partial charge on any atom is 0.252 e. The van der Waals surface area contributed by atoms with Gasteiger partial charge in [-0.1, -0.05) is 42.6 Å². The first-order valence-corrected chi connectivity index (χ1v) is 10.9. The second-order valence-corrected chi connectivity index (χ2v) is 8.78. The average Bonchev–Trinajstić information content (AvgIpc) is 3.35. The second kappa shape index (κ2) is 8.64. The van der Waals surface area contributed by atoms with Crippen LogP contribution in [0.5, 0.6) is 0 Å². The summed E-state index contributed by atoms with van der Waals surface area (Å²) < 4.78 is 1.29. The number of benzene rings is 1. The van der Waals surface area contributed by atoms with Crippen molar-refractivity contribution in [3.8, 4) is 0 Å². The van der Waals surface area contributed by atoms with Gasteiger partial charge in [0.2, 0.25) is 5.91 Å². The molecular weight excluding hydrogens is 402 g/mol. The number of aromatic nitrogens is 1. The van der Waals surface area contributed by atoms with E-state index in [-0.39, 0.29) is 35.4 Å². The van der Waals surface area contributed by atoms with E-state index in [2.05, 4.69) is 10.6 Å². The Morgan fingerprint density at radius 2 is 1.83 bits per heavy atom. The van der Waals surface area contributed by atoms with Crippen LogP contribution in [0, 0.1) is 0 Å². The highest BCUT2D eigenvalue weighted by atomic mass is 35.5. The molecule has 0 spiro atoms. The zero-order chi connectivity index (χ0) is 21.1. The van der Waals surface area contributed by atoms with Gasteiger partial charge in [-0.3, -0.25) is 14.4 Å². The highest BCUT2D eigenvalue weighted by Gasteiger charge is 2.45. The summed E-state index contributed by atoms with van der Waals surface area (Å²) in [5.74, 6) is -0.463. The molecule has 0 bridgehead atoms. The van der Waals surface area contributed by atoms with Crippen molar-refractivity contribution < 1.29 is 9.59 Å². The first kappa shape index (κ1) is 20.7. The summed E-state index contributed by atoms with van der Waals surface area (Å²) in [5.41, 5.74) is 1.01. The van der Waals surface area contributed by atoms with Gasteiger partial charge in [-0.15, -0.1) is 0 Å². The van der Waals surface area contributed by atoms with Gasteiger partial charge in [-0.25, -0.2) is 0 Å². The summed E-state index contributed by atoms with van der Waals surface area (Å²) in [7, 11) is 0. The number of carbonyl (C=O) groups excluding carboxylic acids is 2. The van der Waals surface area contributed by atoms with Crippen LogP contribution in [0.2, 0.25) is 5.02 Å². The third kappa shape index (κ3) is 4.59. The molecule has 0 radical (unpaired) electrons. The molecule has 2 fully saturated rings. The molecule has 30 heavy (non-hydrogen) atoms. The molecule has 1 heterocycles. The number of amides is 2. The molecule has 2 aliphatic rings. The van der Waals surface area contributed by atoms with E-state index in [1.165, 1.54) is 22.9 Å². The van der Waals surface area contributed by atoms with Gasteiger partial charge in [-0.2, -0.15) is 0 Å². The van der Waals surface area contributed by atoms with Gasteiger partial charge in [0.05, 0.1) is 5.56 Å². The normalized spacial score (nSPS) is 17.5. The van der Waals surface area contributed by atoms with Gasteiger partial charge >= 0.3 is 0 Å². The Kier molecular flexibility index (Phi) is 5.95. The lowest BCUT2D eigenvalue weighted by molar-refractivity contribution is -0.121. The van der Waals surface area contributed by atoms with Crippen LogP contribution in [0.25, 0.3) is 0 Å². The van der Waals surface area contributed by atoms with Crippen LogP contribution in [0.15, 0.2) is 47.4 Å². The van der Waals surface area contributed by atoms with Crippen LogP contribution < -0.4 is 16.2 Å². The number of pyridine rings is 1.